The van der Waals surface area contributed by atoms with Crippen molar-refractivity contribution in [2.45, 2.75) is 43.6 Å². The number of hydrogen-bond donors (Lipinski definition) is 1. The number of aliphatic hydroxyl groups is 1. The number of piperidine rings is 1. The van der Waals surface area contributed by atoms with Crippen molar-refractivity contribution >= 4 is 17.0 Å². The van der Waals surface area contributed by atoms with Gasteiger partial charge in [0, 0.05) is 26.2 Å². The molecule has 1 unspecified atom stereocenters. The first-order valence-corrected chi connectivity index (χ1v) is 11.2. The summed E-state index contributed by atoms with van der Waals surface area (Å²) in [4.78, 5) is 2.21. The summed E-state index contributed by atoms with van der Waals surface area (Å²) < 4.78 is 56.5. The first-order valence-electron chi connectivity index (χ1n) is 11.2. The van der Waals surface area contributed by atoms with Crippen LogP contribution in [0.3, 0.4) is 0 Å². The molecule has 2 heterocycles. The lowest BCUT2D eigenvalue weighted by molar-refractivity contribution is -0.137. The molecule has 188 valence electrons. The number of fused-ring (bicyclic) bond motifs is 1. The van der Waals surface area contributed by atoms with Crippen LogP contribution < -0.4 is 9.47 Å². The number of halogens is 4. The Kier molecular flexibility index (Phi) is 8.55. The normalized spacial score (nSPS) is 20.6. The monoisotopic (exact) mass is 545 g/mol. The van der Waals surface area contributed by atoms with Gasteiger partial charge in [0.15, 0.2) is 11.5 Å². The zero-order valence-electron chi connectivity index (χ0n) is 19.4. The molecule has 2 aromatic carbocycles. The van der Waals surface area contributed by atoms with Gasteiger partial charge in [-0.1, -0.05) is 12.1 Å². The number of alkyl halides is 3. The summed E-state index contributed by atoms with van der Waals surface area (Å²) in [6.07, 6.45) is -2.06. The highest BCUT2D eigenvalue weighted by atomic mass is 79.9. The minimum Gasteiger partial charge on any atom is -0.493 e. The summed E-state index contributed by atoms with van der Waals surface area (Å²) in [6.45, 7) is 2.41. The Labute approximate surface area is 208 Å². The molecule has 0 aromatic heterocycles. The molecule has 2 aromatic rings. The molecule has 0 amide bonds. The van der Waals surface area contributed by atoms with Crippen LogP contribution in [0.15, 0.2) is 36.4 Å². The number of benzene rings is 2. The van der Waals surface area contributed by atoms with E-state index >= 15 is 0 Å². The maximum atomic E-state index is 13.1. The Morgan fingerprint density at radius 1 is 1.09 bits per heavy atom. The lowest BCUT2D eigenvalue weighted by Gasteiger charge is -2.40. The highest BCUT2D eigenvalue weighted by molar-refractivity contribution is 8.93. The lowest BCUT2D eigenvalue weighted by Crippen LogP contribution is -2.44. The van der Waals surface area contributed by atoms with Gasteiger partial charge in [-0.3, -0.25) is 0 Å². The van der Waals surface area contributed by atoms with E-state index in [-0.39, 0.29) is 23.1 Å². The first-order chi connectivity index (χ1) is 15.7. The van der Waals surface area contributed by atoms with Gasteiger partial charge in [0.1, 0.15) is 0 Å². The van der Waals surface area contributed by atoms with Gasteiger partial charge in [-0.25, -0.2) is 0 Å². The molecule has 0 saturated carbocycles. The second-order valence-electron chi connectivity index (χ2n) is 8.78. The molecule has 1 saturated heterocycles. The van der Waals surface area contributed by atoms with Gasteiger partial charge < -0.3 is 24.2 Å². The minimum atomic E-state index is -4.43. The van der Waals surface area contributed by atoms with Crippen LogP contribution in [-0.4, -0.2) is 50.5 Å². The predicted molar refractivity (Wildman–Crippen MR) is 128 cm³/mol. The summed E-state index contributed by atoms with van der Waals surface area (Å²) >= 11 is 0. The average Bonchev–Trinajstić information content (AvgIpc) is 3.00. The van der Waals surface area contributed by atoms with E-state index in [2.05, 4.69) is 4.90 Å². The Balaban J connectivity index is 0.00000324. The third kappa shape index (κ3) is 5.70. The standard InChI is InChI=1S/C25H30F3NO4.BrH/c1-31-21-13-17-5-4-12-33-23(20(17)15-22(21)32-2)16-29-10-8-24(30,9-11-29)18-6-3-7-19(14-18)25(26,27)28;/h3,6-7,13-15,23,30H,4-5,8-12,16H2,1-2H3;1H. The van der Waals surface area contributed by atoms with Crippen LogP contribution in [0.1, 0.15) is 47.6 Å². The van der Waals surface area contributed by atoms with Gasteiger partial charge in [-0.15, -0.1) is 17.0 Å². The molecule has 1 fully saturated rings. The Morgan fingerprint density at radius 2 is 1.76 bits per heavy atom. The van der Waals surface area contributed by atoms with E-state index in [1.807, 2.05) is 12.1 Å². The fourth-order valence-corrected chi connectivity index (χ4v) is 4.80. The fourth-order valence-electron chi connectivity index (χ4n) is 4.80. The predicted octanol–water partition coefficient (Wildman–Crippen LogP) is 5.29. The molecule has 1 atom stereocenters. The van der Waals surface area contributed by atoms with Crippen LogP contribution in [0, 0.1) is 0 Å². The molecule has 0 spiro atoms. The Bertz CT molecular complexity index is 977. The van der Waals surface area contributed by atoms with Gasteiger partial charge in [0.05, 0.1) is 31.5 Å². The topological polar surface area (TPSA) is 51.2 Å². The van der Waals surface area contributed by atoms with Crippen molar-refractivity contribution in [3.63, 3.8) is 0 Å². The van der Waals surface area contributed by atoms with Crippen LogP contribution in [0.25, 0.3) is 0 Å². The molecule has 5 nitrogen and oxygen atoms in total. The number of hydrogen-bond acceptors (Lipinski definition) is 5. The molecule has 4 rings (SSSR count). The van der Waals surface area contributed by atoms with E-state index in [0.29, 0.717) is 56.1 Å². The van der Waals surface area contributed by atoms with Crippen molar-refractivity contribution in [1.29, 1.82) is 0 Å². The van der Waals surface area contributed by atoms with Crippen LogP contribution in [-0.2, 0) is 22.9 Å². The maximum absolute atomic E-state index is 13.1. The molecule has 2 aliphatic heterocycles. The number of methoxy groups -OCH3 is 2. The SMILES string of the molecule is Br.COc1cc2c(cc1OC)C(CN1CCC(O)(c3cccc(C(F)(F)F)c3)CC1)OCCC2. The van der Waals surface area contributed by atoms with Gasteiger partial charge in [0.2, 0.25) is 0 Å². The van der Waals surface area contributed by atoms with E-state index < -0.39 is 17.3 Å². The summed E-state index contributed by atoms with van der Waals surface area (Å²) in [5, 5.41) is 11.1. The summed E-state index contributed by atoms with van der Waals surface area (Å²) in [6, 6.07) is 9.03. The number of aryl methyl sites for hydroxylation is 1. The zero-order chi connectivity index (χ0) is 23.6. The van der Waals surface area contributed by atoms with Crippen molar-refractivity contribution in [1.82, 2.24) is 4.90 Å². The fraction of sp³-hybridized carbons (Fsp3) is 0.520. The van der Waals surface area contributed by atoms with Crippen LogP contribution in [0.5, 0.6) is 11.5 Å². The highest BCUT2D eigenvalue weighted by Gasteiger charge is 2.37. The lowest BCUT2D eigenvalue weighted by atomic mass is 9.83. The van der Waals surface area contributed by atoms with Crippen LogP contribution >= 0.6 is 17.0 Å². The molecular weight excluding hydrogens is 515 g/mol. The van der Waals surface area contributed by atoms with Crippen LogP contribution in [0.4, 0.5) is 13.2 Å². The van der Waals surface area contributed by atoms with E-state index in [1.54, 1.807) is 20.3 Å². The van der Waals surface area contributed by atoms with Gasteiger partial charge in [0.25, 0.3) is 0 Å². The Morgan fingerprint density at radius 3 is 2.41 bits per heavy atom. The van der Waals surface area contributed by atoms with Crippen molar-refractivity contribution < 1.29 is 32.5 Å². The minimum absolute atomic E-state index is 0. The van der Waals surface area contributed by atoms with Crippen molar-refractivity contribution in [3.8, 4) is 11.5 Å². The number of likely N-dealkylation sites (tertiary alicyclic amines) is 1. The maximum Gasteiger partial charge on any atom is 0.416 e. The molecule has 0 aliphatic carbocycles. The molecule has 34 heavy (non-hydrogen) atoms. The van der Waals surface area contributed by atoms with Crippen molar-refractivity contribution in [2.24, 2.45) is 0 Å². The number of rotatable bonds is 5. The van der Waals surface area contributed by atoms with E-state index in [9.17, 15) is 18.3 Å². The smallest absolute Gasteiger partial charge is 0.416 e. The summed E-state index contributed by atoms with van der Waals surface area (Å²) in [5.41, 5.74) is 0.571. The number of nitrogens with zero attached hydrogens (tertiary/aromatic N) is 1. The van der Waals surface area contributed by atoms with Crippen molar-refractivity contribution in [2.75, 3.05) is 40.5 Å². The molecule has 1 N–H and O–H groups in total. The second kappa shape index (κ2) is 10.8. The molecule has 0 radical (unpaired) electrons. The van der Waals surface area contributed by atoms with Crippen molar-refractivity contribution in [3.05, 3.63) is 58.7 Å². The molecule has 9 heteroatoms. The first kappa shape index (κ1) is 26.8. The molecular formula is C25H31BrF3NO4. The third-order valence-electron chi connectivity index (χ3n) is 6.74. The quantitative estimate of drug-likeness (QED) is 0.553. The highest BCUT2D eigenvalue weighted by Crippen LogP contribution is 2.39. The average molecular weight is 546 g/mol. The van der Waals surface area contributed by atoms with E-state index in [1.165, 1.54) is 11.6 Å². The van der Waals surface area contributed by atoms with Gasteiger partial charge in [-0.05, 0) is 66.6 Å². The largest absolute Gasteiger partial charge is 0.493 e. The van der Waals surface area contributed by atoms with E-state index in [0.717, 1.165) is 30.5 Å². The Hall–Kier alpha value is -1.81. The third-order valence-corrected chi connectivity index (χ3v) is 6.74. The van der Waals surface area contributed by atoms with Crippen LogP contribution in [0.2, 0.25) is 0 Å². The summed E-state index contributed by atoms with van der Waals surface area (Å²) in [7, 11) is 3.23. The second-order valence-corrected chi connectivity index (χ2v) is 8.78. The van der Waals surface area contributed by atoms with Gasteiger partial charge in [-0.2, -0.15) is 13.2 Å². The molecule has 2 aliphatic rings. The molecule has 0 bridgehead atoms. The van der Waals surface area contributed by atoms with E-state index in [4.69, 9.17) is 14.2 Å². The van der Waals surface area contributed by atoms with Gasteiger partial charge >= 0.3 is 6.18 Å². The number of ether oxygens (including phenoxy) is 3. The zero-order valence-corrected chi connectivity index (χ0v) is 21.1. The summed E-state index contributed by atoms with van der Waals surface area (Å²) in [5.74, 6) is 1.35.